The lowest BCUT2D eigenvalue weighted by Crippen LogP contribution is -2.24. The van der Waals surface area contributed by atoms with E-state index < -0.39 is 0 Å². The number of carbonyl (C=O) groups excluding carboxylic acids is 2. The van der Waals surface area contributed by atoms with Crippen molar-refractivity contribution in [3.8, 4) is 0 Å². The number of rotatable bonds is 4. The monoisotopic (exact) mass is 361 g/mol. The first kappa shape index (κ1) is 16.0. The summed E-state index contributed by atoms with van der Waals surface area (Å²) in [7, 11) is 1.55. The Labute approximate surface area is 137 Å². The van der Waals surface area contributed by atoms with Crippen LogP contribution in [0.5, 0.6) is 0 Å². The highest BCUT2D eigenvalue weighted by molar-refractivity contribution is 9.10. The number of anilines is 2. The lowest BCUT2D eigenvalue weighted by molar-refractivity contribution is -0.115. The molecule has 114 valence electrons. The minimum atomic E-state index is -0.285. The van der Waals surface area contributed by atoms with Crippen molar-refractivity contribution < 1.29 is 9.59 Å². The molecule has 6 heteroatoms. The molecule has 0 aliphatic rings. The van der Waals surface area contributed by atoms with Gasteiger partial charge in [0.2, 0.25) is 5.91 Å². The predicted octanol–water partition coefficient (Wildman–Crippen LogP) is 3.38. The molecule has 0 fully saturated rings. The lowest BCUT2D eigenvalue weighted by atomic mass is 10.1. The van der Waals surface area contributed by atoms with Crippen molar-refractivity contribution in [2.75, 3.05) is 17.7 Å². The van der Waals surface area contributed by atoms with E-state index in [0.717, 1.165) is 10.0 Å². The van der Waals surface area contributed by atoms with Gasteiger partial charge >= 0.3 is 6.03 Å². The topological polar surface area (TPSA) is 70.2 Å². The number of urea groups is 1. The molecule has 2 aromatic rings. The Bertz CT molecular complexity index is 654. The zero-order valence-electron chi connectivity index (χ0n) is 12.0. The van der Waals surface area contributed by atoms with Crippen LogP contribution in [0.25, 0.3) is 0 Å². The van der Waals surface area contributed by atoms with Crippen LogP contribution in [-0.4, -0.2) is 19.0 Å². The smallest absolute Gasteiger partial charge is 0.318 e. The molecule has 0 aromatic heterocycles. The molecular formula is C16H16BrN3O2. The Balaban J connectivity index is 1.91. The molecule has 0 unspecified atom stereocenters. The minimum absolute atomic E-state index is 0.0886. The summed E-state index contributed by atoms with van der Waals surface area (Å²) in [6.07, 6.45) is 0.311. The highest BCUT2D eigenvalue weighted by Gasteiger charge is 2.05. The van der Waals surface area contributed by atoms with Crippen LogP contribution < -0.4 is 16.0 Å². The molecule has 0 atom stereocenters. The van der Waals surface area contributed by atoms with Crippen molar-refractivity contribution in [2.45, 2.75) is 6.42 Å². The molecule has 22 heavy (non-hydrogen) atoms. The highest BCUT2D eigenvalue weighted by Crippen LogP contribution is 2.15. The number of benzene rings is 2. The first-order valence-corrected chi connectivity index (χ1v) is 7.49. The van der Waals surface area contributed by atoms with Gasteiger partial charge in [0.1, 0.15) is 0 Å². The number of carbonyl (C=O) groups is 2. The van der Waals surface area contributed by atoms with Crippen LogP contribution in [0.2, 0.25) is 0 Å². The molecule has 0 saturated heterocycles. The van der Waals surface area contributed by atoms with Gasteiger partial charge in [-0.25, -0.2) is 4.79 Å². The van der Waals surface area contributed by atoms with Crippen LogP contribution in [-0.2, 0) is 11.2 Å². The van der Waals surface area contributed by atoms with E-state index >= 15 is 0 Å². The van der Waals surface area contributed by atoms with Gasteiger partial charge in [0.15, 0.2) is 0 Å². The fourth-order valence-corrected chi connectivity index (χ4v) is 2.09. The maximum Gasteiger partial charge on any atom is 0.318 e. The molecule has 0 saturated carbocycles. The van der Waals surface area contributed by atoms with E-state index in [-0.39, 0.29) is 11.9 Å². The van der Waals surface area contributed by atoms with Gasteiger partial charge in [0.25, 0.3) is 0 Å². The summed E-state index contributed by atoms with van der Waals surface area (Å²) in [6.45, 7) is 0. The number of nitrogens with one attached hydrogen (secondary N) is 3. The first-order valence-electron chi connectivity index (χ1n) is 6.70. The van der Waals surface area contributed by atoms with Gasteiger partial charge in [-0.2, -0.15) is 0 Å². The Morgan fingerprint density at radius 2 is 1.45 bits per heavy atom. The van der Waals surface area contributed by atoms with Crippen LogP contribution in [0.3, 0.4) is 0 Å². The van der Waals surface area contributed by atoms with Crippen molar-refractivity contribution in [2.24, 2.45) is 0 Å². The third-order valence-electron chi connectivity index (χ3n) is 2.93. The Morgan fingerprint density at radius 3 is 2.00 bits per heavy atom. The van der Waals surface area contributed by atoms with Crippen LogP contribution in [0.15, 0.2) is 53.0 Å². The van der Waals surface area contributed by atoms with Gasteiger partial charge in [-0.15, -0.1) is 0 Å². The van der Waals surface area contributed by atoms with Gasteiger partial charge in [-0.3, -0.25) is 4.79 Å². The Morgan fingerprint density at radius 1 is 0.909 bits per heavy atom. The Hall–Kier alpha value is -2.34. The van der Waals surface area contributed by atoms with E-state index in [4.69, 9.17) is 0 Å². The summed E-state index contributed by atoms with van der Waals surface area (Å²) in [4.78, 5) is 23.1. The van der Waals surface area contributed by atoms with Gasteiger partial charge in [0, 0.05) is 22.9 Å². The normalized spacial score (nSPS) is 9.91. The van der Waals surface area contributed by atoms with Gasteiger partial charge in [-0.05, 0) is 42.0 Å². The summed E-state index contributed by atoms with van der Waals surface area (Å²) in [6, 6.07) is 14.3. The maximum atomic E-state index is 12.0. The number of halogens is 1. The molecule has 2 aromatic carbocycles. The number of hydrogen-bond acceptors (Lipinski definition) is 2. The van der Waals surface area contributed by atoms with E-state index in [1.807, 2.05) is 24.3 Å². The molecule has 2 rings (SSSR count). The minimum Gasteiger partial charge on any atom is -0.341 e. The van der Waals surface area contributed by atoms with Crippen LogP contribution in [0.1, 0.15) is 5.56 Å². The number of amides is 3. The molecule has 5 nitrogen and oxygen atoms in total. The molecule has 3 N–H and O–H groups in total. The molecule has 0 radical (unpaired) electrons. The first-order chi connectivity index (χ1) is 10.6. The molecule has 0 aliphatic heterocycles. The summed E-state index contributed by atoms with van der Waals surface area (Å²) in [5, 5.41) is 7.94. The summed E-state index contributed by atoms with van der Waals surface area (Å²) >= 11 is 3.36. The van der Waals surface area contributed by atoms with Gasteiger partial charge < -0.3 is 16.0 Å². The zero-order valence-corrected chi connectivity index (χ0v) is 13.6. The molecule has 0 aliphatic carbocycles. The fraction of sp³-hybridized carbons (Fsp3) is 0.125. The molecular weight excluding hydrogens is 346 g/mol. The van der Waals surface area contributed by atoms with E-state index in [2.05, 4.69) is 31.9 Å². The molecule has 0 heterocycles. The third-order valence-corrected chi connectivity index (χ3v) is 3.46. The van der Waals surface area contributed by atoms with Crippen molar-refractivity contribution >= 4 is 39.2 Å². The number of hydrogen-bond donors (Lipinski definition) is 3. The quantitative estimate of drug-likeness (QED) is 0.780. The van der Waals surface area contributed by atoms with Gasteiger partial charge in [0.05, 0.1) is 6.42 Å². The largest absolute Gasteiger partial charge is 0.341 e. The second-order valence-electron chi connectivity index (χ2n) is 4.63. The van der Waals surface area contributed by atoms with Crippen molar-refractivity contribution in [1.29, 1.82) is 0 Å². The summed E-state index contributed by atoms with van der Waals surface area (Å²) < 4.78 is 0.982. The predicted molar refractivity (Wildman–Crippen MR) is 91.0 cm³/mol. The molecule has 0 spiro atoms. The van der Waals surface area contributed by atoms with Gasteiger partial charge in [-0.1, -0.05) is 28.1 Å². The standard InChI is InChI=1S/C16H16BrN3O2/c1-18-16(22)20-14-8-6-13(7-9-14)19-15(21)10-11-2-4-12(17)5-3-11/h2-9H,10H2,1H3,(H,19,21)(H2,18,20,22). The van der Waals surface area contributed by atoms with Crippen molar-refractivity contribution in [3.63, 3.8) is 0 Å². The third kappa shape index (κ3) is 4.89. The van der Waals surface area contributed by atoms with Crippen molar-refractivity contribution in [3.05, 3.63) is 58.6 Å². The lowest BCUT2D eigenvalue weighted by Gasteiger charge is -2.08. The average molecular weight is 362 g/mol. The van der Waals surface area contributed by atoms with E-state index in [1.54, 1.807) is 31.3 Å². The van der Waals surface area contributed by atoms with E-state index in [1.165, 1.54) is 0 Å². The SMILES string of the molecule is CNC(=O)Nc1ccc(NC(=O)Cc2ccc(Br)cc2)cc1. The second kappa shape index (κ2) is 7.61. The molecule has 3 amide bonds. The fourth-order valence-electron chi connectivity index (χ4n) is 1.82. The Kier molecular flexibility index (Phi) is 5.55. The second-order valence-corrected chi connectivity index (χ2v) is 5.55. The molecule has 0 bridgehead atoms. The van der Waals surface area contributed by atoms with Crippen LogP contribution in [0, 0.1) is 0 Å². The average Bonchev–Trinajstić information content (AvgIpc) is 2.51. The maximum absolute atomic E-state index is 12.0. The van der Waals surface area contributed by atoms with Crippen molar-refractivity contribution in [1.82, 2.24) is 5.32 Å². The van der Waals surface area contributed by atoms with Crippen LogP contribution in [0.4, 0.5) is 16.2 Å². The van der Waals surface area contributed by atoms with Crippen LogP contribution >= 0.6 is 15.9 Å². The summed E-state index contributed by atoms with van der Waals surface area (Å²) in [5.41, 5.74) is 2.29. The van der Waals surface area contributed by atoms with E-state index in [0.29, 0.717) is 17.8 Å². The zero-order chi connectivity index (χ0) is 15.9. The van der Waals surface area contributed by atoms with E-state index in [9.17, 15) is 9.59 Å². The highest BCUT2D eigenvalue weighted by atomic mass is 79.9. The summed E-state index contributed by atoms with van der Waals surface area (Å²) in [5.74, 6) is -0.0886.